The van der Waals surface area contributed by atoms with Gasteiger partial charge in [-0.25, -0.2) is 0 Å². The molecule has 14 heavy (non-hydrogen) atoms. The first-order valence-electron chi connectivity index (χ1n) is 4.24. The second-order valence-corrected chi connectivity index (χ2v) is 3.08. The van der Waals surface area contributed by atoms with Crippen molar-refractivity contribution < 1.29 is 24.6 Å². The minimum absolute atomic E-state index is 0.0305. The molecule has 2 amide bonds. The molecular weight excluding hydrogens is 190 g/mol. The number of hydrogen-bond donors (Lipinski definition) is 1. The van der Waals surface area contributed by atoms with Crippen LogP contribution in [0.3, 0.4) is 0 Å². The number of carboxylic acids is 1. The Morgan fingerprint density at radius 2 is 2.21 bits per heavy atom. The van der Waals surface area contributed by atoms with Crippen LogP contribution in [0.2, 0.25) is 0 Å². The molecule has 0 aromatic rings. The van der Waals surface area contributed by atoms with Gasteiger partial charge in [-0.1, -0.05) is 0 Å². The summed E-state index contributed by atoms with van der Waals surface area (Å²) in [6, 6.07) is 0. The lowest BCUT2D eigenvalue weighted by atomic mass is 10.3. The van der Waals surface area contributed by atoms with Crippen molar-refractivity contribution >= 4 is 17.8 Å². The van der Waals surface area contributed by atoms with Crippen molar-refractivity contribution in [3.8, 4) is 0 Å². The highest BCUT2D eigenvalue weighted by atomic mass is 16.4. The van der Waals surface area contributed by atoms with Crippen molar-refractivity contribution in [2.45, 2.75) is 25.4 Å². The predicted molar refractivity (Wildman–Crippen MR) is 41.6 cm³/mol. The molecule has 1 heterocycles. The molecular formula is C8H10NO5-. The Bertz CT molecular complexity index is 275. The molecule has 0 saturated carbocycles. The lowest BCUT2D eigenvalue weighted by Gasteiger charge is -2.13. The Kier molecular flexibility index (Phi) is 3.19. The lowest BCUT2D eigenvalue weighted by molar-refractivity contribution is -0.305. The Hall–Kier alpha value is -1.43. The molecule has 0 aromatic heterocycles. The monoisotopic (exact) mass is 200 g/mol. The van der Waals surface area contributed by atoms with Gasteiger partial charge in [0.25, 0.3) is 5.91 Å². The van der Waals surface area contributed by atoms with Gasteiger partial charge in [-0.3, -0.25) is 14.5 Å². The number of aliphatic hydroxyl groups is 1. The van der Waals surface area contributed by atoms with Gasteiger partial charge in [0.15, 0.2) is 0 Å². The van der Waals surface area contributed by atoms with Crippen molar-refractivity contribution in [3.63, 3.8) is 0 Å². The molecule has 1 aliphatic rings. The van der Waals surface area contributed by atoms with E-state index >= 15 is 0 Å². The number of carboxylic acid groups (broad SMARTS) is 1. The van der Waals surface area contributed by atoms with Crippen LogP contribution in [0.1, 0.15) is 19.3 Å². The highest BCUT2D eigenvalue weighted by Crippen LogP contribution is 2.13. The summed E-state index contributed by atoms with van der Waals surface area (Å²) in [5.41, 5.74) is 0. The molecule has 1 aliphatic heterocycles. The molecule has 0 spiro atoms. The zero-order valence-corrected chi connectivity index (χ0v) is 7.43. The summed E-state index contributed by atoms with van der Waals surface area (Å²) in [6.07, 6.45) is -1.51. The van der Waals surface area contributed by atoms with Crippen LogP contribution in [0.15, 0.2) is 0 Å². The normalized spacial score (nSPS) is 21.8. The number of aliphatic hydroxyl groups excluding tert-OH is 1. The van der Waals surface area contributed by atoms with Crippen molar-refractivity contribution in [2.75, 3.05) is 6.54 Å². The largest absolute Gasteiger partial charge is 0.550 e. The molecule has 1 rings (SSSR count). The van der Waals surface area contributed by atoms with E-state index in [-0.39, 0.29) is 25.8 Å². The van der Waals surface area contributed by atoms with E-state index in [0.29, 0.717) is 0 Å². The molecule has 1 fully saturated rings. The molecule has 0 radical (unpaired) electrons. The Morgan fingerprint density at radius 3 is 2.64 bits per heavy atom. The Balaban J connectivity index is 2.41. The van der Waals surface area contributed by atoms with Crippen LogP contribution >= 0.6 is 0 Å². The predicted octanol–water partition coefficient (Wildman–Crippen LogP) is -2.36. The second-order valence-electron chi connectivity index (χ2n) is 3.08. The third-order valence-electron chi connectivity index (χ3n) is 1.98. The van der Waals surface area contributed by atoms with E-state index in [4.69, 9.17) is 5.11 Å². The van der Waals surface area contributed by atoms with E-state index in [1.165, 1.54) is 0 Å². The summed E-state index contributed by atoms with van der Waals surface area (Å²) in [5.74, 6) is -2.32. The maximum atomic E-state index is 11.1. The molecule has 1 saturated heterocycles. The number of imide groups is 1. The summed E-state index contributed by atoms with van der Waals surface area (Å²) in [4.78, 5) is 33.1. The fraction of sp³-hybridized carbons (Fsp3) is 0.625. The minimum Gasteiger partial charge on any atom is -0.550 e. The number of amides is 2. The van der Waals surface area contributed by atoms with Crippen LogP contribution in [0.25, 0.3) is 0 Å². The summed E-state index contributed by atoms with van der Waals surface area (Å²) in [7, 11) is 0. The van der Waals surface area contributed by atoms with Gasteiger partial charge in [-0.2, -0.15) is 0 Å². The minimum atomic E-state index is -1.26. The molecule has 1 atom stereocenters. The fourth-order valence-corrected chi connectivity index (χ4v) is 1.28. The van der Waals surface area contributed by atoms with Gasteiger partial charge in [0, 0.05) is 12.5 Å². The van der Waals surface area contributed by atoms with Crippen molar-refractivity contribution in [1.82, 2.24) is 4.90 Å². The second kappa shape index (κ2) is 4.19. The highest BCUT2D eigenvalue weighted by Gasteiger charge is 2.36. The van der Waals surface area contributed by atoms with Crippen LogP contribution in [-0.4, -0.2) is 40.4 Å². The average molecular weight is 200 g/mol. The first kappa shape index (κ1) is 10.6. The van der Waals surface area contributed by atoms with E-state index < -0.39 is 23.9 Å². The molecule has 1 N–H and O–H groups in total. The van der Waals surface area contributed by atoms with Gasteiger partial charge in [0.2, 0.25) is 5.91 Å². The number of aliphatic carboxylic acids is 1. The van der Waals surface area contributed by atoms with E-state index in [9.17, 15) is 19.5 Å². The van der Waals surface area contributed by atoms with Crippen molar-refractivity contribution in [1.29, 1.82) is 0 Å². The standard InChI is InChI=1S/C8H11NO5/c10-5-4-6(11)9(8(5)14)3-1-2-7(12)13/h5,10H,1-4H2,(H,12,13)/p-1. The molecule has 0 aromatic carbocycles. The molecule has 78 valence electrons. The summed E-state index contributed by atoms with van der Waals surface area (Å²) in [5, 5.41) is 19.1. The van der Waals surface area contributed by atoms with Gasteiger partial charge in [-0.15, -0.1) is 0 Å². The topological polar surface area (TPSA) is 97.7 Å². The van der Waals surface area contributed by atoms with Crippen LogP contribution in [0.5, 0.6) is 0 Å². The average Bonchev–Trinajstić information content (AvgIpc) is 2.31. The molecule has 0 aliphatic carbocycles. The number of rotatable bonds is 4. The van der Waals surface area contributed by atoms with Crippen molar-refractivity contribution in [3.05, 3.63) is 0 Å². The van der Waals surface area contributed by atoms with Gasteiger partial charge in [0.05, 0.1) is 6.42 Å². The smallest absolute Gasteiger partial charge is 0.258 e. The third kappa shape index (κ3) is 2.29. The number of nitrogens with zero attached hydrogens (tertiary/aromatic N) is 1. The van der Waals surface area contributed by atoms with Gasteiger partial charge in [-0.05, 0) is 12.8 Å². The zero-order valence-electron chi connectivity index (χ0n) is 7.43. The van der Waals surface area contributed by atoms with Crippen LogP contribution in [-0.2, 0) is 14.4 Å². The Morgan fingerprint density at radius 1 is 1.57 bits per heavy atom. The quantitative estimate of drug-likeness (QED) is 0.512. The number of carbonyl (C=O) groups is 3. The van der Waals surface area contributed by atoms with E-state index in [0.717, 1.165) is 4.90 Å². The van der Waals surface area contributed by atoms with E-state index in [1.54, 1.807) is 0 Å². The van der Waals surface area contributed by atoms with Gasteiger partial charge >= 0.3 is 0 Å². The summed E-state index contributed by atoms with van der Waals surface area (Å²) in [6.45, 7) is 0.0305. The Labute approximate surface area is 80.1 Å². The molecule has 6 nitrogen and oxygen atoms in total. The molecule has 0 bridgehead atoms. The maximum Gasteiger partial charge on any atom is 0.258 e. The van der Waals surface area contributed by atoms with Gasteiger partial charge in [0.1, 0.15) is 6.10 Å². The van der Waals surface area contributed by atoms with Crippen molar-refractivity contribution in [2.24, 2.45) is 0 Å². The number of carbonyl (C=O) groups excluding carboxylic acids is 3. The summed E-state index contributed by atoms with van der Waals surface area (Å²) < 4.78 is 0. The number of likely N-dealkylation sites (tertiary alicyclic amines) is 1. The molecule has 1 unspecified atom stereocenters. The fourth-order valence-electron chi connectivity index (χ4n) is 1.28. The van der Waals surface area contributed by atoms with Crippen LogP contribution in [0, 0.1) is 0 Å². The van der Waals surface area contributed by atoms with E-state index in [1.807, 2.05) is 0 Å². The molecule has 6 heteroatoms. The third-order valence-corrected chi connectivity index (χ3v) is 1.98. The SMILES string of the molecule is O=C([O-])CCCN1C(=O)CC(O)C1=O. The summed E-state index contributed by atoms with van der Waals surface area (Å²) >= 11 is 0. The van der Waals surface area contributed by atoms with Gasteiger partial charge < -0.3 is 15.0 Å². The van der Waals surface area contributed by atoms with Crippen LogP contribution in [0.4, 0.5) is 0 Å². The maximum absolute atomic E-state index is 11.1. The first-order chi connectivity index (χ1) is 6.52. The highest BCUT2D eigenvalue weighted by molar-refractivity contribution is 6.04. The van der Waals surface area contributed by atoms with E-state index in [2.05, 4.69) is 0 Å². The lowest BCUT2D eigenvalue weighted by Crippen LogP contribution is -2.33. The zero-order chi connectivity index (χ0) is 10.7. The number of hydrogen-bond acceptors (Lipinski definition) is 5. The van der Waals surface area contributed by atoms with Crippen LogP contribution < -0.4 is 5.11 Å². The first-order valence-corrected chi connectivity index (χ1v) is 4.24.